The first-order valence-corrected chi connectivity index (χ1v) is 10.4. The minimum absolute atomic E-state index is 0.0524. The summed E-state index contributed by atoms with van der Waals surface area (Å²) in [5, 5.41) is 0. The molecule has 2 aliphatic heterocycles. The minimum atomic E-state index is -0.325. The summed E-state index contributed by atoms with van der Waals surface area (Å²) in [6.45, 7) is 6.27. The topological polar surface area (TPSA) is 53.1 Å². The molecule has 0 radical (unpaired) electrons. The van der Waals surface area contributed by atoms with Crippen molar-refractivity contribution < 1.29 is 14.3 Å². The minimum Gasteiger partial charge on any atom is -0.423 e. The molecule has 2 aliphatic rings. The van der Waals surface area contributed by atoms with Crippen LogP contribution < -0.4 is 9.64 Å². The van der Waals surface area contributed by atoms with Gasteiger partial charge in [0.15, 0.2) is 5.75 Å². The zero-order valence-corrected chi connectivity index (χ0v) is 17.3. The SMILES string of the molecule is Cc1ccc2c(c1)N(CC(=O)N1CCN(C/C=C/c3ccccc3)CC1)CC(=O)O2. The Morgan fingerprint density at radius 2 is 1.83 bits per heavy atom. The summed E-state index contributed by atoms with van der Waals surface area (Å²) in [6, 6.07) is 15.9. The van der Waals surface area contributed by atoms with Crippen LogP contribution in [0.4, 0.5) is 5.69 Å². The Morgan fingerprint density at radius 1 is 1.07 bits per heavy atom. The predicted octanol–water partition coefficient (Wildman–Crippen LogP) is 2.58. The van der Waals surface area contributed by atoms with Crippen LogP contribution in [0.1, 0.15) is 11.1 Å². The Balaban J connectivity index is 1.29. The summed E-state index contributed by atoms with van der Waals surface area (Å²) < 4.78 is 5.31. The molecule has 6 nitrogen and oxygen atoms in total. The van der Waals surface area contributed by atoms with Gasteiger partial charge in [0.25, 0.3) is 0 Å². The Labute approximate surface area is 177 Å². The van der Waals surface area contributed by atoms with Crippen molar-refractivity contribution in [3.63, 3.8) is 0 Å². The molecule has 1 fully saturated rings. The van der Waals surface area contributed by atoms with Gasteiger partial charge in [-0.2, -0.15) is 0 Å². The molecular formula is C24H27N3O3. The fraction of sp³-hybridized carbons (Fsp3) is 0.333. The van der Waals surface area contributed by atoms with Crippen LogP contribution in [0.15, 0.2) is 54.6 Å². The predicted molar refractivity (Wildman–Crippen MR) is 118 cm³/mol. The number of carbonyl (C=O) groups excluding carboxylic acids is 2. The first-order chi connectivity index (χ1) is 14.6. The van der Waals surface area contributed by atoms with E-state index in [1.54, 1.807) is 6.07 Å². The average Bonchev–Trinajstić information content (AvgIpc) is 2.75. The van der Waals surface area contributed by atoms with Crippen LogP contribution in [0.5, 0.6) is 5.75 Å². The maximum absolute atomic E-state index is 12.9. The van der Waals surface area contributed by atoms with Gasteiger partial charge in [0.2, 0.25) is 5.91 Å². The number of hydrogen-bond donors (Lipinski definition) is 0. The van der Waals surface area contributed by atoms with Crippen LogP contribution in [0.2, 0.25) is 0 Å². The van der Waals surface area contributed by atoms with Gasteiger partial charge >= 0.3 is 5.97 Å². The zero-order valence-electron chi connectivity index (χ0n) is 17.3. The summed E-state index contributed by atoms with van der Waals surface area (Å²) in [7, 11) is 0. The molecule has 1 amide bonds. The van der Waals surface area contributed by atoms with E-state index in [0.717, 1.165) is 30.9 Å². The van der Waals surface area contributed by atoms with E-state index in [1.165, 1.54) is 5.56 Å². The highest BCUT2D eigenvalue weighted by atomic mass is 16.5. The van der Waals surface area contributed by atoms with Gasteiger partial charge in [0.1, 0.15) is 6.54 Å². The number of aryl methyl sites for hydroxylation is 1. The number of ether oxygens (including phenoxy) is 1. The van der Waals surface area contributed by atoms with E-state index in [-0.39, 0.29) is 25.0 Å². The molecule has 0 unspecified atom stereocenters. The van der Waals surface area contributed by atoms with Crippen molar-refractivity contribution in [2.75, 3.05) is 50.7 Å². The molecule has 156 valence electrons. The van der Waals surface area contributed by atoms with E-state index >= 15 is 0 Å². The number of esters is 1. The maximum Gasteiger partial charge on any atom is 0.331 e. The number of fused-ring (bicyclic) bond motifs is 1. The summed E-state index contributed by atoms with van der Waals surface area (Å²) in [5.41, 5.74) is 3.08. The van der Waals surface area contributed by atoms with Crippen molar-refractivity contribution in [3.8, 4) is 5.75 Å². The number of anilines is 1. The van der Waals surface area contributed by atoms with Gasteiger partial charge in [-0.3, -0.25) is 9.69 Å². The first kappa shape index (κ1) is 20.2. The lowest BCUT2D eigenvalue weighted by Gasteiger charge is -2.36. The van der Waals surface area contributed by atoms with Crippen molar-refractivity contribution in [2.24, 2.45) is 0 Å². The van der Waals surface area contributed by atoms with Gasteiger partial charge in [0, 0.05) is 32.7 Å². The fourth-order valence-electron chi connectivity index (χ4n) is 3.84. The molecule has 30 heavy (non-hydrogen) atoms. The molecule has 1 saturated heterocycles. The molecule has 2 aromatic rings. The van der Waals surface area contributed by atoms with Crippen molar-refractivity contribution in [2.45, 2.75) is 6.92 Å². The highest BCUT2D eigenvalue weighted by Gasteiger charge is 2.28. The first-order valence-electron chi connectivity index (χ1n) is 10.4. The number of rotatable bonds is 5. The van der Waals surface area contributed by atoms with Crippen molar-refractivity contribution in [1.29, 1.82) is 0 Å². The molecule has 6 heteroatoms. The van der Waals surface area contributed by atoms with E-state index in [0.29, 0.717) is 18.8 Å². The maximum atomic E-state index is 12.9. The van der Waals surface area contributed by atoms with E-state index < -0.39 is 0 Å². The molecule has 0 N–H and O–H groups in total. The van der Waals surface area contributed by atoms with Crippen molar-refractivity contribution in [3.05, 3.63) is 65.7 Å². The van der Waals surface area contributed by atoms with Crippen LogP contribution in [0.3, 0.4) is 0 Å². The Kier molecular flexibility index (Phi) is 6.14. The Bertz CT molecular complexity index is 934. The summed E-state index contributed by atoms with van der Waals surface area (Å²) in [6.07, 6.45) is 4.30. The lowest BCUT2D eigenvalue weighted by molar-refractivity contribution is -0.134. The van der Waals surface area contributed by atoms with Crippen LogP contribution in [0, 0.1) is 6.92 Å². The second kappa shape index (κ2) is 9.13. The molecular weight excluding hydrogens is 378 g/mol. The molecule has 0 aliphatic carbocycles. The van der Waals surface area contributed by atoms with Crippen LogP contribution in [0.25, 0.3) is 6.08 Å². The number of carbonyl (C=O) groups is 2. The number of amides is 1. The molecule has 0 spiro atoms. The highest BCUT2D eigenvalue weighted by Crippen LogP contribution is 2.32. The Hall–Kier alpha value is -3.12. The van der Waals surface area contributed by atoms with Crippen molar-refractivity contribution in [1.82, 2.24) is 9.80 Å². The summed E-state index contributed by atoms with van der Waals surface area (Å²) in [5.74, 6) is 0.255. The summed E-state index contributed by atoms with van der Waals surface area (Å²) >= 11 is 0. The summed E-state index contributed by atoms with van der Waals surface area (Å²) in [4.78, 5) is 30.9. The monoisotopic (exact) mass is 405 g/mol. The average molecular weight is 405 g/mol. The second-order valence-electron chi connectivity index (χ2n) is 7.80. The standard InChI is InChI=1S/C24H27N3O3/c1-19-9-10-22-21(16-19)27(18-24(29)30-22)17-23(28)26-14-12-25(13-15-26)11-5-8-20-6-3-2-4-7-20/h2-10,16H,11-15,17-18H2,1H3/b8-5+. The largest absolute Gasteiger partial charge is 0.423 e. The molecule has 0 bridgehead atoms. The molecule has 2 heterocycles. The molecule has 2 aromatic carbocycles. The smallest absolute Gasteiger partial charge is 0.331 e. The van der Waals surface area contributed by atoms with E-state index in [9.17, 15) is 9.59 Å². The van der Waals surface area contributed by atoms with Gasteiger partial charge in [-0.05, 0) is 30.2 Å². The van der Waals surface area contributed by atoms with Crippen molar-refractivity contribution >= 4 is 23.6 Å². The van der Waals surface area contributed by atoms with Gasteiger partial charge in [-0.15, -0.1) is 0 Å². The van der Waals surface area contributed by atoms with Crippen LogP contribution in [-0.2, 0) is 9.59 Å². The number of piperazine rings is 1. The Morgan fingerprint density at radius 3 is 2.60 bits per heavy atom. The molecule has 0 saturated carbocycles. The van der Waals surface area contributed by atoms with Gasteiger partial charge in [0.05, 0.1) is 12.2 Å². The number of benzene rings is 2. The lowest BCUT2D eigenvalue weighted by atomic mass is 10.1. The number of hydrogen-bond acceptors (Lipinski definition) is 5. The fourth-order valence-corrected chi connectivity index (χ4v) is 3.84. The third kappa shape index (κ3) is 4.89. The zero-order chi connectivity index (χ0) is 20.9. The van der Waals surface area contributed by atoms with Crippen LogP contribution >= 0.6 is 0 Å². The van der Waals surface area contributed by atoms with E-state index in [2.05, 4.69) is 29.2 Å². The van der Waals surface area contributed by atoms with Crippen LogP contribution in [-0.4, -0.2) is 67.5 Å². The third-order valence-electron chi connectivity index (χ3n) is 5.52. The molecule has 0 aromatic heterocycles. The van der Waals surface area contributed by atoms with Gasteiger partial charge in [-0.25, -0.2) is 4.79 Å². The lowest BCUT2D eigenvalue weighted by Crippen LogP contribution is -2.52. The highest BCUT2D eigenvalue weighted by molar-refractivity contribution is 5.89. The molecule has 0 atom stereocenters. The third-order valence-corrected chi connectivity index (χ3v) is 5.52. The van der Waals surface area contributed by atoms with Gasteiger partial charge in [-0.1, -0.05) is 48.6 Å². The quantitative estimate of drug-likeness (QED) is 0.565. The normalized spacial score (nSPS) is 17.2. The van der Waals surface area contributed by atoms with E-state index in [1.807, 2.05) is 47.1 Å². The molecule has 4 rings (SSSR count). The second-order valence-corrected chi connectivity index (χ2v) is 7.80. The number of nitrogens with zero attached hydrogens (tertiary/aromatic N) is 3. The van der Waals surface area contributed by atoms with E-state index in [4.69, 9.17) is 4.74 Å². The van der Waals surface area contributed by atoms with Gasteiger partial charge < -0.3 is 14.5 Å².